The number of nitrogens with one attached hydrogen (secondary N) is 1. The fraction of sp³-hybridized carbons (Fsp3) is 0.269. The van der Waals surface area contributed by atoms with Crippen LogP contribution in [0.3, 0.4) is 0 Å². The van der Waals surface area contributed by atoms with Crippen LogP contribution in [0, 0.1) is 12.8 Å². The lowest BCUT2D eigenvalue weighted by molar-refractivity contribution is -0.120. The lowest BCUT2D eigenvalue weighted by Crippen LogP contribution is -2.41. The summed E-state index contributed by atoms with van der Waals surface area (Å²) in [5.41, 5.74) is 1.67. The highest BCUT2D eigenvalue weighted by molar-refractivity contribution is 7.89. The van der Waals surface area contributed by atoms with Gasteiger partial charge in [0.2, 0.25) is 15.9 Å². The fourth-order valence-electron chi connectivity index (χ4n) is 3.90. The van der Waals surface area contributed by atoms with Gasteiger partial charge in [0.15, 0.2) is 11.5 Å². The second kappa shape index (κ2) is 10.3. The first-order valence-corrected chi connectivity index (χ1v) is 12.6. The first kappa shape index (κ1) is 23.8. The Morgan fingerprint density at radius 2 is 1.53 bits per heavy atom. The number of carbonyl (C=O) groups is 1. The van der Waals surface area contributed by atoms with Crippen LogP contribution in [-0.4, -0.2) is 38.8 Å². The largest absolute Gasteiger partial charge is 0.493 e. The summed E-state index contributed by atoms with van der Waals surface area (Å²) in [6.45, 7) is 2.56. The molecule has 178 valence electrons. The molecule has 0 atom stereocenters. The first-order valence-electron chi connectivity index (χ1n) is 11.2. The number of hydrogen-bond acceptors (Lipinski definition) is 5. The molecule has 1 amide bonds. The molecule has 0 bridgehead atoms. The Kier molecular flexibility index (Phi) is 7.19. The van der Waals surface area contributed by atoms with Crippen molar-refractivity contribution in [2.45, 2.75) is 24.7 Å². The summed E-state index contributed by atoms with van der Waals surface area (Å²) in [6, 6.07) is 21.3. The fourth-order valence-corrected chi connectivity index (χ4v) is 5.37. The number of benzene rings is 3. The highest BCUT2D eigenvalue weighted by Gasteiger charge is 2.32. The smallest absolute Gasteiger partial charge is 0.243 e. The van der Waals surface area contributed by atoms with Gasteiger partial charge in [0.1, 0.15) is 5.75 Å². The zero-order chi connectivity index (χ0) is 24.1. The molecule has 1 N–H and O–H groups in total. The van der Waals surface area contributed by atoms with E-state index in [0.29, 0.717) is 48.9 Å². The van der Waals surface area contributed by atoms with E-state index in [0.717, 1.165) is 5.56 Å². The van der Waals surface area contributed by atoms with Crippen molar-refractivity contribution in [1.82, 2.24) is 4.31 Å². The highest BCUT2D eigenvalue weighted by atomic mass is 32.2. The number of anilines is 1. The molecular formula is C26H28N2O5S. The molecule has 0 saturated carbocycles. The van der Waals surface area contributed by atoms with Crippen LogP contribution < -0.4 is 14.8 Å². The second-order valence-corrected chi connectivity index (χ2v) is 10.2. The van der Waals surface area contributed by atoms with Crippen LogP contribution in [0.1, 0.15) is 18.4 Å². The Morgan fingerprint density at radius 1 is 0.912 bits per heavy atom. The Hall–Kier alpha value is -3.36. The molecule has 7 nitrogen and oxygen atoms in total. The van der Waals surface area contributed by atoms with Crippen LogP contribution in [-0.2, 0) is 14.8 Å². The minimum atomic E-state index is -3.54. The summed E-state index contributed by atoms with van der Waals surface area (Å²) in [4.78, 5) is 13.1. The monoisotopic (exact) mass is 480 g/mol. The number of sulfonamides is 1. The van der Waals surface area contributed by atoms with E-state index >= 15 is 0 Å². The van der Waals surface area contributed by atoms with Crippen LogP contribution in [0.4, 0.5) is 5.69 Å². The third-order valence-corrected chi connectivity index (χ3v) is 7.82. The van der Waals surface area contributed by atoms with Gasteiger partial charge in [-0.15, -0.1) is 0 Å². The lowest BCUT2D eigenvalue weighted by atomic mass is 9.97. The number of hydrogen-bond donors (Lipinski definition) is 1. The number of amides is 1. The van der Waals surface area contributed by atoms with Crippen LogP contribution >= 0.6 is 0 Å². The summed E-state index contributed by atoms with van der Waals surface area (Å²) >= 11 is 0. The molecule has 34 heavy (non-hydrogen) atoms. The molecule has 1 saturated heterocycles. The summed E-state index contributed by atoms with van der Waals surface area (Å²) in [5, 5.41) is 2.93. The number of nitrogens with zero attached hydrogens (tertiary/aromatic N) is 1. The minimum Gasteiger partial charge on any atom is -0.493 e. The van der Waals surface area contributed by atoms with Gasteiger partial charge < -0.3 is 14.8 Å². The Labute approximate surface area is 200 Å². The van der Waals surface area contributed by atoms with E-state index in [1.165, 1.54) is 4.31 Å². The second-order valence-electron chi connectivity index (χ2n) is 8.26. The zero-order valence-electron chi connectivity index (χ0n) is 19.2. The van der Waals surface area contributed by atoms with Gasteiger partial charge in [0.25, 0.3) is 0 Å². The molecule has 0 aliphatic carbocycles. The number of methoxy groups -OCH3 is 1. The van der Waals surface area contributed by atoms with Gasteiger partial charge >= 0.3 is 0 Å². The number of aryl methyl sites for hydroxylation is 1. The van der Waals surface area contributed by atoms with Crippen molar-refractivity contribution in [2.24, 2.45) is 5.92 Å². The van der Waals surface area contributed by atoms with Crippen molar-refractivity contribution in [3.8, 4) is 17.2 Å². The van der Waals surface area contributed by atoms with Crippen LogP contribution in [0.15, 0.2) is 77.7 Å². The maximum Gasteiger partial charge on any atom is 0.243 e. The van der Waals surface area contributed by atoms with Crippen molar-refractivity contribution >= 4 is 21.6 Å². The number of para-hydroxylation sites is 2. The number of rotatable bonds is 7. The predicted molar refractivity (Wildman–Crippen MR) is 131 cm³/mol. The standard InChI is InChI=1S/C26H28N2O5S/c1-19-7-13-23(14-8-19)34(30,31)28-17-15-20(16-18-28)26(29)27-21-9-11-22(12-10-21)33-25-6-4-3-5-24(25)32-2/h3-14,20H,15-18H2,1-2H3,(H,27,29). The average Bonchev–Trinajstić information content (AvgIpc) is 2.86. The van der Waals surface area contributed by atoms with Crippen molar-refractivity contribution in [3.05, 3.63) is 78.4 Å². The quantitative estimate of drug-likeness (QED) is 0.523. The number of carbonyl (C=O) groups excluding carboxylic acids is 1. The average molecular weight is 481 g/mol. The van der Waals surface area contributed by atoms with Crippen molar-refractivity contribution in [1.29, 1.82) is 0 Å². The molecule has 0 unspecified atom stereocenters. The molecule has 1 fully saturated rings. The molecule has 0 aromatic heterocycles. The molecule has 4 rings (SSSR count). The Balaban J connectivity index is 1.32. The van der Waals surface area contributed by atoms with Crippen molar-refractivity contribution in [3.63, 3.8) is 0 Å². The third kappa shape index (κ3) is 5.40. The van der Waals surface area contributed by atoms with E-state index < -0.39 is 10.0 Å². The van der Waals surface area contributed by atoms with E-state index in [4.69, 9.17) is 9.47 Å². The molecule has 8 heteroatoms. The van der Waals surface area contributed by atoms with Gasteiger partial charge in [-0.25, -0.2) is 8.42 Å². The Morgan fingerprint density at radius 3 is 2.15 bits per heavy atom. The normalized spacial score (nSPS) is 15.0. The van der Waals surface area contributed by atoms with Crippen LogP contribution in [0.25, 0.3) is 0 Å². The molecular weight excluding hydrogens is 452 g/mol. The zero-order valence-corrected chi connectivity index (χ0v) is 20.0. The maximum absolute atomic E-state index is 12.9. The molecule has 1 aliphatic rings. The number of piperidine rings is 1. The van der Waals surface area contributed by atoms with Crippen molar-refractivity contribution in [2.75, 3.05) is 25.5 Å². The minimum absolute atomic E-state index is 0.106. The van der Waals surface area contributed by atoms with E-state index in [1.807, 2.05) is 31.2 Å². The first-order chi connectivity index (χ1) is 16.4. The van der Waals surface area contributed by atoms with Crippen LogP contribution in [0.2, 0.25) is 0 Å². The SMILES string of the molecule is COc1ccccc1Oc1ccc(NC(=O)C2CCN(S(=O)(=O)c3ccc(C)cc3)CC2)cc1. The van der Waals surface area contributed by atoms with Crippen molar-refractivity contribution < 1.29 is 22.7 Å². The van der Waals surface area contributed by atoms with E-state index in [9.17, 15) is 13.2 Å². The third-order valence-electron chi connectivity index (χ3n) is 5.90. The van der Waals surface area contributed by atoms with E-state index in [-0.39, 0.29) is 16.7 Å². The Bertz CT molecular complexity index is 1230. The number of ether oxygens (including phenoxy) is 2. The van der Waals surface area contributed by atoms with Gasteiger partial charge in [-0.3, -0.25) is 4.79 Å². The van der Waals surface area contributed by atoms with Crippen LogP contribution in [0.5, 0.6) is 17.2 Å². The maximum atomic E-state index is 12.9. The molecule has 1 heterocycles. The summed E-state index contributed by atoms with van der Waals surface area (Å²) in [6.07, 6.45) is 0.956. The molecule has 3 aromatic rings. The molecule has 0 spiro atoms. The van der Waals surface area contributed by atoms with E-state index in [2.05, 4.69) is 5.32 Å². The lowest BCUT2D eigenvalue weighted by Gasteiger charge is -2.30. The van der Waals surface area contributed by atoms with Gasteiger partial charge in [-0.1, -0.05) is 29.8 Å². The summed E-state index contributed by atoms with van der Waals surface area (Å²) in [5.74, 6) is 1.52. The predicted octanol–water partition coefficient (Wildman–Crippen LogP) is 4.84. The highest BCUT2D eigenvalue weighted by Crippen LogP contribution is 2.31. The topological polar surface area (TPSA) is 84.9 Å². The summed E-state index contributed by atoms with van der Waals surface area (Å²) in [7, 11) is -1.96. The molecule has 3 aromatic carbocycles. The molecule has 0 radical (unpaired) electrons. The summed E-state index contributed by atoms with van der Waals surface area (Å²) < 4.78 is 38.4. The van der Waals surface area contributed by atoms with E-state index in [1.54, 1.807) is 55.6 Å². The van der Waals surface area contributed by atoms with Gasteiger partial charge in [-0.2, -0.15) is 4.31 Å². The molecule has 1 aliphatic heterocycles. The van der Waals surface area contributed by atoms with Gasteiger partial charge in [0.05, 0.1) is 12.0 Å². The van der Waals surface area contributed by atoms with Gasteiger partial charge in [0, 0.05) is 24.7 Å². The van der Waals surface area contributed by atoms with Gasteiger partial charge in [-0.05, 0) is 68.3 Å².